The maximum absolute atomic E-state index is 13.3. The maximum atomic E-state index is 13.3. The fraction of sp³-hybridized carbons (Fsp3) is 0.222. The number of ketones is 1. The molecule has 34 heavy (non-hydrogen) atoms. The van der Waals surface area contributed by atoms with Crippen molar-refractivity contribution in [3.8, 4) is 11.5 Å². The number of ether oxygens (including phenoxy) is 2. The first-order valence-electron chi connectivity index (χ1n) is 11.3. The molecule has 3 aromatic rings. The number of benzene rings is 2. The number of aliphatic hydroxyl groups is 1. The summed E-state index contributed by atoms with van der Waals surface area (Å²) in [5, 5.41) is 11.4. The van der Waals surface area contributed by atoms with Crippen LogP contribution in [0.4, 0.5) is 5.69 Å². The van der Waals surface area contributed by atoms with E-state index in [1.165, 1.54) is 16.0 Å². The topological polar surface area (TPSA) is 89.0 Å². The molecule has 6 rings (SSSR count). The zero-order valence-electron chi connectivity index (χ0n) is 18.4. The summed E-state index contributed by atoms with van der Waals surface area (Å²) in [6.07, 6.45) is 7.42. The zero-order valence-corrected chi connectivity index (χ0v) is 18.4. The lowest BCUT2D eigenvalue weighted by Crippen LogP contribution is -2.29. The van der Waals surface area contributed by atoms with Gasteiger partial charge in [0, 0.05) is 29.7 Å². The van der Waals surface area contributed by atoms with E-state index in [2.05, 4.69) is 4.98 Å². The number of amides is 1. The predicted octanol–water partition coefficient (Wildman–Crippen LogP) is 4.32. The highest BCUT2D eigenvalue weighted by atomic mass is 16.7. The number of carbonyl (C=O) groups excluding carboxylic acids is 2. The number of hydrogen-bond donors (Lipinski definition) is 1. The molecule has 1 atom stereocenters. The van der Waals surface area contributed by atoms with Crippen molar-refractivity contribution in [2.45, 2.75) is 31.7 Å². The summed E-state index contributed by atoms with van der Waals surface area (Å²) < 4.78 is 10.9. The van der Waals surface area contributed by atoms with Gasteiger partial charge in [-0.3, -0.25) is 19.5 Å². The van der Waals surface area contributed by atoms with E-state index in [9.17, 15) is 14.7 Å². The zero-order chi connectivity index (χ0) is 23.2. The summed E-state index contributed by atoms with van der Waals surface area (Å²) in [4.78, 5) is 32.1. The Morgan fingerprint density at radius 3 is 2.50 bits per heavy atom. The van der Waals surface area contributed by atoms with Crippen LogP contribution in [0.5, 0.6) is 11.5 Å². The fourth-order valence-corrected chi connectivity index (χ4v) is 5.03. The van der Waals surface area contributed by atoms with E-state index >= 15 is 0 Å². The number of aryl methyl sites for hydroxylation is 2. The molecule has 1 fully saturated rings. The Morgan fingerprint density at radius 2 is 1.68 bits per heavy atom. The van der Waals surface area contributed by atoms with Crippen molar-refractivity contribution in [2.75, 3.05) is 11.7 Å². The van der Waals surface area contributed by atoms with E-state index in [-0.39, 0.29) is 18.1 Å². The summed E-state index contributed by atoms with van der Waals surface area (Å²) in [6, 6.07) is 13.6. The van der Waals surface area contributed by atoms with Gasteiger partial charge in [-0.2, -0.15) is 0 Å². The highest BCUT2D eigenvalue weighted by Gasteiger charge is 2.47. The molecule has 7 heteroatoms. The molecule has 0 radical (unpaired) electrons. The number of pyridine rings is 1. The number of fused-ring (bicyclic) bond motifs is 2. The van der Waals surface area contributed by atoms with Gasteiger partial charge >= 0.3 is 0 Å². The molecule has 0 spiro atoms. The van der Waals surface area contributed by atoms with Crippen LogP contribution in [-0.2, 0) is 22.4 Å². The monoisotopic (exact) mass is 454 g/mol. The van der Waals surface area contributed by atoms with Gasteiger partial charge in [0.15, 0.2) is 11.5 Å². The number of nitrogens with zero attached hydrogens (tertiary/aromatic N) is 2. The molecule has 0 saturated carbocycles. The van der Waals surface area contributed by atoms with Crippen LogP contribution in [0.25, 0.3) is 5.76 Å². The molecule has 0 bridgehead atoms. The van der Waals surface area contributed by atoms with Gasteiger partial charge in [0.2, 0.25) is 6.79 Å². The van der Waals surface area contributed by atoms with Crippen molar-refractivity contribution in [3.63, 3.8) is 0 Å². The summed E-state index contributed by atoms with van der Waals surface area (Å²) in [6.45, 7) is 0.101. The van der Waals surface area contributed by atoms with Crippen molar-refractivity contribution in [1.82, 2.24) is 4.98 Å². The van der Waals surface area contributed by atoms with Gasteiger partial charge in [-0.1, -0.05) is 12.1 Å². The number of rotatable bonds is 3. The predicted molar refractivity (Wildman–Crippen MR) is 125 cm³/mol. The third-order valence-electron chi connectivity index (χ3n) is 6.72. The van der Waals surface area contributed by atoms with Crippen molar-refractivity contribution in [2.24, 2.45) is 0 Å². The number of hydrogen-bond acceptors (Lipinski definition) is 6. The molecule has 1 amide bonds. The fourth-order valence-electron chi connectivity index (χ4n) is 5.03. The van der Waals surface area contributed by atoms with Crippen molar-refractivity contribution in [1.29, 1.82) is 0 Å². The second-order valence-electron chi connectivity index (χ2n) is 8.68. The van der Waals surface area contributed by atoms with Crippen LogP contribution in [0.2, 0.25) is 0 Å². The van der Waals surface area contributed by atoms with Crippen LogP contribution in [0.15, 0.2) is 66.5 Å². The average molecular weight is 454 g/mol. The molecule has 170 valence electrons. The number of anilines is 1. The molecule has 3 aliphatic rings. The second-order valence-corrected chi connectivity index (χ2v) is 8.68. The Balaban J connectivity index is 1.51. The van der Waals surface area contributed by atoms with Gasteiger partial charge < -0.3 is 14.6 Å². The lowest BCUT2D eigenvalue weighted by molar-refractivity contribution is -0.132. The van der Waals surface area contributed by atoms with Gasteiger partial charge in [0.1, 0.15) is 5.76 Å². The molecule has 1 unspecified atom stereocenters. The van der Waals surface area contributed by atoms with Crippen molar-refractivity contribution >= 4 is 23.1 Å². The number of Topliss-reactive ketones (excluding diaryl/α,β-unsaturated/α-hetero) is 1. The molecule has 2 aliphatic heterocycles. The average Bonchev–Trinajstić information content (AvgIpc) is 3.45. The molecule has 1 N–H and O–H groups in total. The van der Waals surface area contributed by atoms with Crippen molar-refractivity contribution in [3.05, 3.63) is 88.8 Å². The summed E-state index contributed by atoms with van der Waals surface area (Å²) in [7, 11) is 0. The lowest BCUT2D eigenvalue weighted by atomic mass is 9.89. The minimum Gasteiger partial charge on any atom is -0.507 e. The first-order valence-corrected chi connectivity index (χ1v) is 11.3. The molecule has 1 aromatic heterocycles. The quantitative estimate of drug-likeness (QED) is 0.360. The van der Waals surface area contributed by atoms with Crippen LogP contribution < -0.4 is 14.4 Å². The minimum absolute atomic E-state index is 0.0598. The third kappa shape index (κ3) is 3.23. The van der Waals surface area contributed by atoms with Gasteiger partial charge in [0.05, 0.1) is 11.6 Å². The molecule has 3 heterocycles. The van der Waals surface area contributed by atoms with Gasteiger partial charge in [-0.15, -0.1) is 0 Å². The van der Waals surface area contributed by atoms with Crippen LogP contribution in [0, 0.1) is 0 Å². The molecule has 1 saturated heterocycles. The van der Waals surface area contributed by atoms with Crippen LogP contribution in [0.3, 0.4) is 0 Å². The standard InChI is InChI=1S/C27H22N2O5/c30-25(19-6-5-16-3-1-2-4-18(16)13-19)23-24(17-9-11-28-12-10-17)29(27(32)26(23)31)20-7-8-21-22(14-20)34-15-33-21/h5-14,24,30H,1-4,15H2/b25-23-. The molecule has 7 nitrogen and oxygen atoms in total. The van der Waals surface area contributed by atoms with E-state index < -0.39 is 17.7 Å². The van der Waals surface area contributed by atoms with E-state index in [0.717, 1.165) is 25.7 Å². The van der Waals surface area contributed by atoms with Crippen LogP contribution in [-0.4, -0.2) is 28.6 Å². The summed E-state index contributed by atoms with van der Waals surface area (Å²) in [5.41, 5.74) is 4.21. The SMILES string of the molecule is O=C1C(=O)N(c2ccc3c(c2)OCO3)C(c2ccncc2)/C1=C(/O)c1ccc2c(c1)CCCC2. The first-order chi connectivity index (χ1) is 16.6. The van der Waals surface area contributed by atoms with Gasteiger partial charge in [0.25, 0.3) is 11.7 Å². The summed E-state index contributed by atoms with van der Waals surface area (Å²) >= 11 is 0. The highest BCUT2D eigenvalue weighted by Crippen LogP contribution is 2.45. The van der Waals surface area contributed by atoms with Crippen LogP contribution in [0.1, 0.15) is 41.1 Å². The Hall–Kier alpha value is -4.13. The lowest BCUT2D eigenvalue weighted by Gasteiger charge is -2.25. The van der Waals surface area contributed by atoms with E-state index in [4.69, 9.17) is 9.47 Å². The van der Waals surface area contributed by atoms with Crippen molar-refractivity contribution < 1.29 is 24.2 Å². The van der Waals surface area contributed by atoms with E-state index in [1.54, 1.807) is 42.7 Å². The number of carbonyl (C=O) groups is 2. The van der Waals surface area contributed by atoms with Gasteiger partial charge in [-0.05, 0) is 72.7 Å². The van der Waals surface area contributed by atoms with E-state index in [1.807, 2.05) is 18.2 Å². The highest BCUT2D eigenvalue weighted by molar-refractivity contribution is 6.51. The van der Waals surface area contributed by atoms with E-state index in [0.29, 0.717) is 28.3 Å². The minimum atomic E-state index is -0.806. The second kappa shape index (κ2) is 8.02. The summed E-state index contributed by atoms with van der Waals surface area (Å²) in [5.74, 6) is -0.524. The molecule has 2 aromatic carbocycles. The Bertz CT molecular complexity index is 1350. The Labute approximate surface area is 196 Å². The smallest absolute Gasteiger partial charge is 0.300 e. The third-order valence-corrected chi connectivity index (χ3v) is 6.72. The normalized spacial score (nSPS) is 20.5. The van der Waals surface area contributed by atoms with Crippen LogP contribution >= 0.6 is 0 Å². The van der Waals surface area contributed by atoms with Gasteiger partial charge in [-0.25, -0.2) is 0 Å². The maximum Gasteiger partial charge on any atom is 0.300 e. The molecular weight excluding hydrogens is 432 g/mol. The number of aliphatic hydroxyl groups excluding tert-OH is 1. The Kier molecular flexibility index (Phi) is 4.83. The molecule has 1 aliphatic carbocycles. The Morgan fingerprint density at radius 1 is 0.912 bits per heavy atom. The largest absolute Gasteiger partial charge is 0.507 e. The first kappa shape index (κ1) is 20.5. The molecular formula is C27H22N2O5. The number of aromatic nitrogens is 1.